The molecule has 0 saturated carbocycles. The molecule has 2 N–H and O–H groups in total. The normalized spacial score (nSPS) is 10.2. The van der Waals surface area contributed by atoms with Gasteiger partial charge in [0.15, 0.2) is 0 Å². The van der Waals surface area contributed by atoms with Crippen LogP contribution >= 0.6 is 22.9 Å². The summed E-state index contributed by atoms with van der Waals surface area (Å²) in [4.78, 5) is 24.4. The largest absolute Gasteiger partial charge is 0.397 e. The summed E-state index contributed by atoms with van der Waals surface area (Å²) < 4.78 is 0.958. The van der Waals surface area contributed by atoms with Crippen molar-refractivity contribution in [3.05, 3.63) is 92.0 Å². The van der Waals surface area contributed by atoms with Crippen LogP contribution in [0.2, 0.25) is 5.02 Å². The van der Waals surface area contributed by atoms with Gasteiger partial charge in [0.25, 0.3) is 11.4 Å². The highest BCUT2D eigenvalue weighted by atomic mass is 35.5. The van der Waals surface area contributed by atoms with E-state index < -0.39 is 9.85 Å². The average molecular weight is 429 g/mol. The lowest BCUT2D eigenvalue weighted by atomic mass is 10.2. The SMILES string of the molecule is Nc1cc([N+](=O)[O-])ccc1Cl.O=[N+]([O-])c1ccc2sc(-c3ccccc3)nc2c1. The molecule has 1 heterocycles. The zero-order valence-electron chi connectivity index (χ0n) is 14.7. The third kappa shape index (κ3) is 4.84. The maximum absolute atomic E-state index is 10.7. The zero-order chi connectivity index (χ0) is 21.0. The van der Waals surface area contributed by atoms with Gasteiger partial charge in [0.05, 0.1) is 30.8 Å². The van der Waals surface area contributed by atoms with Crippen LogP contribution in [0, 0.1) is 20.2 Å². The Morgan fingerprint density at radius 2 is 1.52 bits per heavy atom. The van der Waals surface area contributed by atoms with Gasteiger partial charge < -0.3 is 5.73 Å². The van der Waals surface area contributed by atoms with Gasteiger partial charge in [-0.15, -0.1) is 11.3 Å². The minimum atomic E-state index is -0.521. The van der Waals surface area contributed by atoms with Crippen molar-refractivity contribution < 1.29 is 9.85 Å². The monoisotopic (exact) mass is 428 g/mol. The molecule has 146 valence electrons. The van der Waals surface area contributed by atoms with Gasteiger partial charge in [-0.25, -0.2) is 4.98 Å². The first-order valence-corrected chi connectivity index (χ1v) is 9.34. The average Bonchev–Trinajstić information content (AvgIpc) is 3.14. The van der Waals surface area contributed by atoms with Crippen LogP contribution < -0.4 is 5.73 Å². The molecule has 0 amide bonds. The molecule has 0 atom stereocenters. The number of anilines is 1. The number of rotatable bonds is 3. The summed E-state index contributed by atoms with van der Waals surface area (Å²) in [6.45, 7) is 0. The van der Waals surface area contributed by atoms with Crippen molar-refractivity contribution >= 4 is 50.2 Å². The number of hydrogen-bond donors (Lipinski definition) is 1. The summed E-state index contributed by atoms with van der Waals surface area (Å²) in [6, 6.07) is 18.5. The van der Waals surface area contributed by atoms with E-state index in [9.17, 15) is 20.2 Å². The lowest BCUT2D eigenvalue weighted by molar-refractivity contribution is -0.384. The van der Waals surface area contributed by atoms with E-state index in [1.807, 2.05) is 30.3 Å². The van der Waals surface area contributed by atoms with Gasteiger partial charge in [-0.05, 0) is 12.1 Å². The Balaban J connectivity index is 0.000000188. The number of aromatic nitrogens is 1. The molecule has 29 heavy (non-hydrogen) atoms. The Labute approximate surface area is 173 Å². The fraction of sp³-hybridized carbons (Fsp3) is 0. The Morgan fingerprint density at radius 1 is 0.897 bits per heavy atom. The van der Waals surface area contributed by atoms with Crippen molar-refractivity contribution in [2.45, 2.75) is 0 Å². The fourth-order valence-corrected chi connectivity index (χ4v) is 3.45. The number of benzene rings is 3. The van der Waals surface area contributed by atoms with Crippen molar-refractivity contribution in [2.75, 3.05) is 5.73 Å². The minimum Gasteiger partial charge on any atom is -0.397 e. The van der Waals surface area contributed by atoms with Gasteiger partial charge in [0.2, 0.25) is 0 Å². The minimum absolute atomic E-state index is 0.0492. The van der Waals surface area contributed by atoms with Crippen LogP contribution in [0.4, 0.5) is 17.1 Å². The molecule has 0 fully saturated rings. The van der Waals surface area contributed by atoms with Crippen LogP contribution in [0.15, 0.2) is 66.7 Å². The maximum atomic E-state index is 10.7. The number of non-ortho nitro benzene ring substituents is 2. The van der Waals surface area contributed by atoms with Gasteiger partial charge in [-0.2, -0.15) is 0 Å². The van der Waals surface area contributed by atoms with Crippen LogP contribution in [-0.2, 0) is 0 Å². The van der Waals surface area contributed by atoms with Crippen molar-refractivity contribution in [1.82, 2.24) is 4.98 Å². The second-order valence-electron chi connectivity index (χ2n) is 5.76. The summed E-state index contributed by atoms with van der Waals surface area (Å²) in [5.74, 6) is 0. The molecule has 10 heteroatoms. The topological polar surface area (TPSA) is 125 Å². The molecule has 0 saturated heterocycles. The van der Waals surface area contributed by atoms with E-state index in [1.54, 1.807) is 6.07 Å². The summed E-state index contributed by atoms with van der Waals surface area (Å²) in [7, 11) is 0. The number of nitrogens with zero attached hydrogens (tertiary/aromatic N) is 3. The van der Waals surface area contributed by atoms with Gasteiger partial charge in [-0.3, -0.25) is 20.2 Å². The molecule has 0 unspecified atom stereocenters. The van der Waals surface area contributed by atoms with Crippen molar-refractivity contribution in [3.63, 3.8) is 0 Å². The number of nitro groups is 2. The number of hydrogen-bond acceptors (Lipinski definition) is 7. The predicted molar refractivity (Wildman–Crippen MR) is 114 cm³/mol. The summed E-state index contributed by atoms with van der Waals surface area (Å²) >= 11 is 7.07. The predicted octanol–water partition coefficient (Wildman–Crippen LogP) is 5.70. The van der Waals surface area contributed by atoms with E-state index in [0.29, 0.717) is 10.5 Å². The Kier molecular flexibility index (Phi) is 6.01. The molecule has 0 spiro atoms. The number of fused-ring (bicyclic) bond motifs is 1. The number of nitrogen functional groups attached to an aromatic ring is 1. The van der Waals surface area contributed by atoms with Crippen LogP contribution in [-0.4, -0.2) is 14.8 Å². The van der Waals surface area contributed by atoms with Crippen molar-refractivity contribution in [2.24, 2.45) is 0 Å². The molecule has 4 aromatic rings. The second kappa shape index (κ2) is 8.63. The third-order valence-corrected chi connectivity index (χ3v) is 5.22. The van der Waals surface area contributed by atoms with Crippen LogP contribution in [0.25, 0.3) is 20.8 Å². The van der Waals surface area contributed by atoms with E-state index in [4.69, 9.17) is 17.3 Å². The van der Waals surface area contributed by atoms with Gasteiger partial charge in [0.1, 0.15) is 5.01 Å². The number of halogens is 1. The number of thiazole rings is 1. The van der Waals surface area contributed by atoms with E-state index in [0.717, 1.165) is 15.3 Å². The molecule has 0 aliphatic carbocycles. The van der Waals surface area contributed by atoms with E-state index in [2.05, 4.69) is 4.98 Å². The molecule has 0 radical (unpaired) electrons. The molecule has 3 aromatic carbocycles. The molecule has 1 aromatic heterocycles. The Bertz CT molecular complexity index is 1200. The smallest absolute Gasteiger partial charge is 0.271 e. The second-order valence-corrected chi connectivity index (χ2v) is 7.19. The van der Waals surface area contributed by atoms with Gasteiger partial charge >= 0.3 is 0 Å². The lowest BCUT2D eigenvalue weighted by Crippen LogP contribution is -1.91. The Morgan fingerprint density at radius 3 is 2.14 bits per heavy atom. The van der Waals surface area contributed by atoms with Crippen LogP contribution in [0.3, 0.4) is 0 Å². The zero-order valence-corrected chi connectivity index (χ0v) is 16.3. The number of nitrogens with two attached hydrogens (primary N) is 1. The van der Waals surface area contributed by atoms with Crippen molar-refractivity contribution in [3.8, 4) is 10.6 Å². The summed E-state index contributed by atoms with van der Waals surface area (Å²) in [5, 5.41) is 22.1. The highest BCUT2D eigenvalue weighted by Crippen LogP contribution is 2.31. The first kappa shape index (κ1) is 20.2. The number of nitro benzene ring substituents is 2. The molecule has 0 aliphatic heterocycles. The summed E-state index contributed by atoms with van der Waals surface area (Å²) in [5.41, 5.74) is 7.28. The highest BCUT2D eigenvalue weighted by Gasteiger charge is 2.11. The standard InChI is InChI=1S/C13H8N2O2S.C6H5ClN2O2/c16-15(17)10-6-7-12-11(8-10)14-13(18-12)9-4-2-1-3-5-9;7-5-2-1-4(9(10)11)3-6(5)8/h1-8H;1-3H,8H2. The third-order valence-electron chi connectivity index (χ3n) is 3.79. The van der Waals surface area contributed by atoms with E-state index in [-0.39, 0.29) is 17.1 Å². The van der Waals surface area contributed by atoms with Crippen molar-refractivity contribution in [1.29, 1.82) is 0 Å². The maximum Gasteiger partial charge on any atom is 0.271 e. The first-order chi connectivity index (χ1) is 13.8. The van der Waals surface area contributed by atoms with Crippen LogP contribution in [0.1, 0.15) is 0 Å². The first-order valence-electron chi connectivity index (χ1n) is 8.15. The lowest BCUT2D eigenvalue weighted by Gasteiger charge is -1.95. The molecular weight excluding hydrogens is 416 g/mol. The molecule has 8 nitrogen and oxygen atoms in total. The van der Waals surface area contributed by atoms with Gasteiger partial charge in [0, 0.05) is 29.8 Å². The molecule has 0 aliphatic rings. The van der Waals surface area contributed by atoms with E-state index in [1.165, 1.54) is 41.7 Å². The summed E-state index contributed by atoms with van der Waals surface area (Å²) in [6.07, 6.45) is 0. The fourth-order valence-electron chi connectivity index (χ4n) is 2.38. The Hall–Kier alpha value is -3.56. The van der Waals surface area contributed by atoms with Gasteiger partial charge in [-0.1, -0.05) is 41.9 Å². The van der Waals surface area contributed by atoms with Crippen LogP contribution in [0.5, 0.6) is 0 Å². The quantitative estimate of drug-likeness (QED) is 0.253. The molecule has 0 bridgehead atoms. The molecule has 4 rings (SSSR count). The molecular formula is C19H13ClN4O4S. The highest BCUT2D eigenvalue weighted by molar-refractivity contribution is 7.21. The van der Waals surface area contributed by atoms with E-state index >= 15 is 0 Å².